The zero-order chi connectivity index (χ0) is 26.1. The topological polar surface area (TPSA) is 129 Å². The Hall–Kier alpha value is -2.52. The van der Waals surface area contributed by atoms with Gasteiger partial charge in [0.2, 0.25) is 0 Å². The molecule has 0 aromatic carbocycles. The van der Waals surface area contributed by atoms with Crippen LogP contribution >= 0.6 is 0 Å². The largest absolute Gasteiger partial charge is 0.462 e. The molecule has 10 nitrogen and oxygen atoms in total. The number of amides is 2. The van der Waals surface area contributed by atoms with Crippen LogP contribution in [0.3, 0.4) is 0 Å². The van der Waals surface area contributed by atoms with E-state index in [-0.39, 0.29) is 36.2 Å². The van der Waals surface area contributed by atoms with Crippen LogP contribution in [0.1, 0.15) is 93.9 Å². The number of carbonyl (C=O) groups is 4. The molecule has 0 saturated heterocycles. The molecule has 2 amide bonds. The molecule has 2 fully saturated rings. The van der Waals surface area contributed by atoms with Crippen molar-refractivity contribution in [1.29, 1.82) is 0 Å². The molecule has 2 unspecified atom stereocenters. The van der Waals surface area contributed by atoms with Crippen molar-refractivity contribution in [3.05, 3.63) is 0 Å². The highest BCUT2D eigenvalue weighted by Crippen LogP contribution is 2.23. The van der Waals surface area contributed by atoms with Crippen LogP contribution in [0.4, 0.5) is 9.59 Å². The van der Waals surface area contributed by atoms with Crippen molar-refractivity contribution in [2.45, 2.75) is 129 Å². The fourth-order valence-corrected chi connectivity index (χ4v) is 3.77. The highest BCUT2D eigenvalue weighted by Gasteiger charge is 2.30. The molecule has 2 saturated carbocycles. The van der Waals surface area contributed by atoms with Crippen molar-refractivity contribution < 1.29 is 38.1 Å². The van der Waals surface area contributed by atoms with Gasteiger partial charge in [-0.2, -0.15) is 0 Å². The summed E-state index contributed by atoms with van der Waals surface area (Å²) < 4.78 is 20.5. The maximum absolute atomic E-state index is 11.5. The molecule has 196 valence electrons. The zero-order valence-corrected chi connectivity index (χ0v) is 21.8. The molecule has 4 atom stereocenters. The second kappa shape index (κ2) is 12.8. The average molecular weight is 487 g/mol. The van der Waals surface area contributed by atoms with E-state index in [9.17, 15) is 19.2 Å². The fraction of sp³-hybridized carbons (Fsp3) is 0.833. The molecular formula is C24H42N2O8. The van der Waals surface area contributed by atoms with E-state index in [1.807, 2.05) is 41.5 Å². The molecule has 0 aliphatic heterocycles. The van der Waals surface area contributed by atoms with Gasteiger partial charge in [0.25, 0.3) is 0 Å². The van der Waals surface area contributed by atoms with E-state index < -0.39 is 23.4 Å². The standard InChI is InChI=1S/2C12H21NO4/c2*1-8(14)16-10-6-5-9(7-10)13-11(15)17-12(2,3)4/h2*9-10H,5-7H2,1-4H3,(H,13,15)/t9-,10+;/m1./s1. The summed E-state index contributed by atoms with van der Waals surface area (Å²) >= 11 is 0. The minimum Gasteiger partial charge on any atom is -0.462 e. The molecule has 0 spiro atoms. The monoisotopic (exact) mass is 486 g/mol. The molecule has 34 heavy (non-hydrogen) atoms. The molecule has 2 aliphatic rings. The van der Waals surface area contributed by atoms with E-state index in [0.717, 1.165) is 25.7 Å². The Balaban J connectivity index is 0.000000340. The van der Waals surface area contributed by atoms with Crippen LogP contribution in [-0.2, 0) is 28.5 Å². The summed E-state index contributed by atoms with van der Waals surface area (Å²) in [6.07, 6.45) is 3.57. The van der Waals surface area contributed by atoms with Gasteiger partial charge in [-0.3, -0.25) is 9.59 Å². The number of esters is 2. The summed E-state index contributed by atoms with van der Waals surface area (Å²) in [5.41, 5.74) is -0.976. The number of ether oxygens (including phenoxy) is 4. The molecule has 2 rings (SSSR count). The van der Waals surface area contributed by atoms with Gasteiger partial charge in [0, 0.05) is 38.8 Å². The minimum absolute atomic E-state index is 0.0363. The van der Waals surface area contributed by atoms with Gasteiger partial charge in [0.05, 0.1) is 0 Å². The van der Waals surface area contributed by atoms with Crippen LogP contribution in [0.25, 0.3) is 0 Å². The Labute approximate surface area is 202 Å². The molecule has 0 aromatic heterocycles. The smallest absolute Gasteiger partial charge is 0.407 e. The first kappa shape index (κ1) is 29.5. The summed E-state index contributed by atoms with van der Waals surface area (Å²) in [5, 5.41) is 5.57. The molecule has 0 heterocycles. The lowest BCUT2D eigenvalue weighted by Gasteiger charge is -2.21. The Kier molecular flexibility index (Phi) is 11.1. The first-order valence-electron chi connectivity index (χ1n) is 11.9. The van der Waals surface area contributed by atoms with Gasteiger partial charge >= 0.3 is 24.1 Å². The summed E-state index contributed by atoms with van der Waals surface area (Å²) in [5.74, 6) is -0.541. The first-order valence-corrected chi connectivity index (χ1v) is 11.9. The number of hydrogen-bond acceptors (Lipinski definition) is 8. The van der Waals surface area contributed by atoms with Crippen LogP contribution in [0.15, 0.2) is 0 Å². The van der Waals surface area contributed by atoms with Crippen molar-refractivity contribution in [1.82, 2.24) is 10.6 Å². The van der Waals surface area contributed by atoms with Crippen molar-refractivity contribution in [2.75, 3.05) is 0 Å². The van der Waals surface area contributed by atoms with E-state index in [4.69, 9.17) is 18.9 Å². The Morgan fingerprint density at radius 1 is 0.618 bits per heavy atom. The van der Waals surface area contributed by atoms with E-state index in [0.29, 0.717) is 12.8 Å². The second-order valence-electron chi connectivity index (χ2n) is 10.8. The number of alkyl carbamates (subject to hydrolysis) is 2. The van der Waals surface area contributed by atoms with Gasteiger partial charge < -0.3 is 29.6 Å². The third-order valence-electron chi connectivity index (χ3n) is 4.88. The maximum atomic E-state index is 11.5. The quantitative estimate of drug-likeness (QED) is 0.451. The number of hydrogen-bond donors (Lipinski definition) is 2. The number of carbonyl (C=O) groups excluding carboxylic acids is 4. The first-order chi connectivity index (χ1) is 15.5. The highest BCUT2D eigenvalue weighted by molar-refractivity contribution is 5.69. The lowest BCUT2D eigenvalue weighted by Crippen LogP contribution is -2.38. The van der Waals surface area contributed by atoms with Crippen LogP contribution in [-0.4, -0.2) is 59.6 Å². The van der Waals surface area contributed by atoms with Crippen LogP contribution in [0.2, 0.25) is 0 Å². The minimum atomic E-state index is -0.488. The molecule has 10 heteroatoms. The van der Waals surface area contributed by atoms with Crippen molar-refractivity contribution in [3.63, 3.8) is 0 Å². The van der Waals surface area contributed by atoms with Gasteiger partial charge in [0.15, 0.2) is 0 Å². The molecule has 0 bridgehead atoms. The van der Waals surface area contributed by atoms with E-state index in [1.54, 1.807) is 0 Å². The summed E-state index contributed by atoms with van der Waals surface area (Å²) in [6.45, 7) is 13.7. The third kappa shape index (κ3) is 13.9. The highest BCUT2D eigenvalue weighted by atomic mass is 16.6. The van der Waals surface area contributed by atoms with Gasteiger partial charge in [-0.15, -0.1) is 0 Å². The SMILES string of the molecule is CC(=O)OC1CCC(NC(=O)OC(C)(C)C)C1.CC(=O)O[C@H]1CC[C@@H](NC(=O)OC(C)(C)C)C1. The maximum Gasteiger partial charge on any atom is 0.407 e. The third-order valence-corrected chi connectivity index (χ3v) is 4.88. The zero-order valence-electron chi connectivity index (χ0n) is 21.8. The molecule has 2 N–H and O–H groups in total. The van der Waals surface area contributed by atoms with E-state index >= 15 is 0 Å². The lowest BCUT2D eigenvalue weighted by atomic mass is 10.2. The molecule has 0 radical (unpaired) electrons. The van der Waals surface area contributed by atoms with Gasteiger partial charge in [-0.05, 0) is 67.2 Å². The second-order valence-corrected chi connectivity index (χ2v) is 10.8. The van der Waals surface area contributed by atoms with Crippen molar-refractivity contribution >= 4 is 24.1 Å². The van der Waals surface area contributed by atoms with Gasteiger partial charge in [-0.25, -0.2) is 9.59 Å². The van der Waals surface area contributed by atoms with Crippen molar-refractivity contribution in [3.8, 4) is 0 Å². The van der Waals surface area contributed by atoms with Crippen molar-refractivity contribution in [2.24, 2.45) is 0 Å². The van der Waals surface area contributed by atoms with Crippen LogP contribution in [0, 0.1) is 0 Å². The van der Waals surface area contributed by atoms with Crippen LogP contribution < -0.4 is 10.6 Å². The normalized spacial score (nSPS) is 24.2. The Bertz CT molecular complexity index is 651. The van der Waals surface area contributed by atoms with Gasteiger partial charge in [-0.1, -0.05) is 0 Å². The molecule has 2 aliphatic carbocycles. The number of rotatable bonds is 4. The Morgan fingerprint density at radius 3 is 1.21 bits per heavy atom. The fourth-order valence-electron chi connectivity index (χ4n) is 3.77. The average Bonchev–Trinajstić information content (AvgIpc) is 3.20. The Morgan fingerprint density at radius 2 is 0.941 bits per heavy atom. The number of nitrogens with one attached hydrogen (secondary N) is 2. The molecule has 0 aromatic rings. The molecular weight excluding hydrogens is 444 g/mol. The predicted molar refractivity (Wildman–Crippen MR) is 125 cm³/mol. The summed E-state index contributed by atoms with van der Waals surface area (Å²) in [7, 11) is 0. The lowest BCUT2D eigenvalue weighted by molar-refractivity contribution is -0.147. The van der Waals surface area contributed by atoms with Gasteiger partial charge in [0.1, 0.15) is 23.4 Å². The van der Waals surface area contributed by atoms with Crippen LogP contribution in [0.5, 0.6) is 0 Å². The van der Waals surface area contributed by atoms with E-state index in [2.05, 4.69) is 10.6 Å². The summed E-state index contributed by atoms with van der Waals surface area (Å²) in [6, 6.07) is 0.0726. The summed E-state index contributed by atoms with van der Waals surface area (Å²) in [4.78, 5) is 44.6. The van der Waals surface area contributed by atoms with E-state index in [1.165, 1.54) is 13.8 Å². The predicted octanol–water partition coefficient (Wildman–Crippen LogP) is 3.99.